The maximum atomic E-state index is 11.2. The molecule has 0 aliphatic carbocycles. The summed E-state index contributed by atoms with van der Waals surface area (Å²) < 4.78 is 10.2. The van der Waals surface area contributed by atoms with Gasteiger partial charge in [-0.2, -0.15) is 0 Å². The van der Waals surface area contributed by atoms with Crippen LogP contribution in [0.1, 0.15) is 0 Å². The van der Waals surface area contributed by atoms with Crippen LogP contribution < -0.4 is 10.1 Å². The maximum Gasteiger partial charge on any atom is 0.411 e. The highest BCUT2D eigenvalue weighted by molar-refractivity contribution is 5.96. The number of carbonyl (C=O) groups excluding carboxylic acids is 1. The largest absolute Gasteiger partial charge is 0.487 e. The van der Waals surface area contributed by atoms with Gasteiger partial charge in [-0.05, 0) is 47.5 Å². The zero-order valence-electron chi connectivity index (χ0n) is 17.2. The minimum absolute atomic E-state index is 0.154. The Morgan fingerprint density at radius 1 is 0.935 bits per heavy atom. The van der Waals surface area contributed by atoms with Crippen molar-refractivity contribution in [2.24, 2.45) is 0 Å². The molecule has 5 heteroatoms. The minimum Gasteiger partial charge on any atom is -0.487 e. The molecule has 3 aromatic carbocycles. The summed E-state index contributed by atoms with van der Waals surface area (Å²) in [5, 5.41) is 3.60. The molecule has 0 atom stereocenters. The van der Waals surface area contributed by atoms with Crippen molar-refractivity contribution in [3.05, 3.63) is 97.2 Å². The van der Waals surface area contributed by atoms with E-state index in [9.17, 15) is 4.79 Å². The van der Waals surface area contributed by atoms with Crippen LogP contribution in [0.5, 0.6) is 5.75 Å². The Labute approximate surface area is 181 Å². The average Bonchev–Trinajstić information content (AvgIpc) is 2.83. The number of benzene rings is 3. The molecule has 0 radical (unpaired) electrons. The first-order valence-corrected chi connectivity index (χ1v) is 9.85. The predicted octanol–water partition coefficient (Wildman–Crippen LogP) is 5.82. The van der Waals surface area contributed by atoms with Crippen molar-refractivity contribution in [1.29, 1.82) is 0 Å². The molecular weight excluding hydrogens is 388 g/mol. The van der Waals surface area contributed by atoms with E-state index in [0.29, 0.717) is 11.4 Å². The Bertz CT molecular complexity index is 1220. The van der Waals surface area contributed by atoms with Gasteiger partial charge < -0.3 is 9.47 Å². The standard InChI is InChI=1S/C26H22N2O3/c1-18(27-26(29)30-2)17-31-21-14-12-20(13-15-21)25-16-23(19-8-4-3-5-9-19)22-10-6-7-11-24(22)28-25/h3-16H,1,17H2,2H3,(H,27,29). The molecule has 1 amide bonds. The molecule has 0 spiro atoms. The minimum atomic E-state index is -0.569. The van der Waals surface area contributed by atoms with Crippen LogP contribution in [0.4, 0.5) is 4.79 Å². The molecule has 1 heterocycles. The van der Waals surface area contributed by atoms with Crippen LogP contribution in [-0.4, -0.2) is 24.8 Å². The van der Waals surface area contributed by atoms with E-state index in [2.05, 4.69) is 40.9 Å². The highest BCUT2D eigenvalue weighted by atomic mass is 16.5. The average molecular weight is 410 g/mol. The quantitative estimate of drug-likeness (QED) is 0.435. The van der Waals surface area contributed by atoms with Gasteiger partial charge in [-0.15, -0.1) is 0 Å². The second kappa shape index (κ2) is 9.13. The number of fused-ring (bicyclic) bond motifs is 1. The molecule has 0 bridgehead atoms. The lowest BCUT2D eigenvalue weighted by Crippen LogP contribution is -2.25. The fraction of sp³-hybridized carbons (Fsp3) is 0.0769. The number of aromatic nitrogens is 1. The molecule has 0 fully saturated rings. The Morgan fingerprint density at radius 3 is 2.39 bits per heavy atom. The zero-order valence-corrected chi connectivity index (χ0v) is 17.2. The lowest BCUT2D eigenvalue weighted by atomic mass is 9.98. The van der Waals surface area contributed by atoms with Crippen LogP contribution in [0.25, 0.3) is 33.3 Å². The van der Waals surface area contributed by atoms with Crippen molar-refractivity contribution < 1.29 is 14.3 Å². The number of para-hydroxylation sites is 1. The van der Waals surface area contributed by atoms with E-state index in [-0.39, 0.29) is 6.61 Å². The third kappa shape index (κ3) is 4.73. The SMILES string of the molecule is C=C(COc1ccc(-c2cc(-c3ccccc3)c3ccccc3n2)cc1)NC(=O)OC. The Hall–Kier alpha value is -4.12. The number of nitrogens with zero attached hydrogens (tertiary/aromatic N) is 1. The van der Waals surface area contributed by atoms with Gasteiger partial charge in [0.25, 0.3) is 0 Å². The highest BCUT2D eigenvalue weighted by Crippen LogP contribution is 2.32. The Balaban J connectivity index is 1.59. The maximum absolute atomic E-state index is 11.2. The van der Waals surface area contributed by atoms with E-state index in [0.717, 1.165) is 33.3 Å². The number of nitrogens with one attached hydrogen (secondary N) is 1. The summed E-state index contributed by atoms with van der Waals surface area (Å²) in [5.74, 6) is 0.667. The summed E-state index contributed by atoms with van der Waals surface area (Å²) in [7, 11) is 1.30. The molecule has 0 saturated heterocycles. The predicted molar refractivity (Wildman–Crippen MR) is 123 cm³/mol. The number of carbonyl (C=O) groups is 1. The molecule has 5 nitrogen and oxygen atoms in total. The van der Waals surface area contributed by atoms with Crippen molar-refractivity contribution in [3.63, 3.8) is 0 Å². The van der Waals surface area contributed by atoms with Gasteiger partial charge >= 0.3 is 6.09 Å². The van der Waals surface area contributed by atoms with E-state index >= 15 is 0 Å². The summed E-state index contributed by atoms with van der Waals surface area (Å²) in [6, 6.07) is 28.3. The van der Waals surface area contributed by atoms with Gasteiger partial charge in [-0.1, -0.05) is 55.1 Å². The van der Waals surface area contributed by atoms with Gasteiger partial charge in [0.1, 0.15) is 12.4 Å². The number of ether oxygens (including phenoxy) is 2. The van der Waals surface area contributed by atoms with Gasteiger partial charge in [0.05, 0.1) is 24.0 Å². The molecule has 0 aliphatic heterocycles. The number of hydrogen-bond donors (Lipinski definition) is 1. The molecule has 4 rings (SSSR count). The fourth-order valence-electron chi connectivity index (χ4n) is 3.30. The first kappa shape index (κ1) is 20.2. The third-order valence-electron chi connectivity index (χ3n) is 4.83. The third-order valence-corrected chi connectivity index (χ3v) is 4.83. The Kier molecular flexibility index (Phi) is 5.94. The molecule has 1 N–H and O–H groups in total. The van der Waals surface area contributed by atoms with Gasteiger partial charge in [-0.3, -0.25) is 5.32 Å². The molecule has 31 heavy (non-hydrogen) atoms. The van der Waals surface area contributed by atoms with Crippen molar-refractivity contribution in [2.75, 3.05) is 13.7 Å². The monoisotopic (exact) mass is 410 g/mol. The number of rotatable bonds is 6. The molecule has 4 aromatic rings. The van der Waals surface area contributed by atoms with Crippen molar-refractivity contribution in [1.82, 2.24) is 10.3 Å². The Morgan fingerprint density at radius 2 is 1.65 bits per heavy atom. The van der Waals surface area contributed by atoms with Crippen LogP contribution in [0.2, 0.25) is 0 Å². The van der Waals surface area contributed by atoms with E-state index in [4.69, 9.17) is 9.72 Å². The zero-order chi connectivity index (χ0) is 21.6. The van der Waals surface area contributed by atoms with Crippen LogP contribution >= 0.6 is 0 Å². The van der Waals surface area contributed by atoms with E-state index in [1.165, 1.54) is 7.11 Å². The van der Waals surface area contributed by atoms with Crippen LogP contribution in [0.3, 0.4) is 0 Å². The van der Waals surface area contributed by atoms with E-state index in [1.807, 2.05) is 60.7 Å². The number of pyridine rings is 1. The summed E-state index contributed by atoms with van der Waals surface area (Å²) in [5.41, 5.74) is 5.54. The van der Waals surface area contributed by atoms with E-state index < -0.39 is 6.09 Å². The van der Waals surface area contributed by atoms with E-state index in [1.54, 1.807) is 0 Å². The lowest BCUT2D eigenvalue weighted by molar-refractivity contribution is 0.172. The van der Waals surface area contributed by atoms with Gasteiger partial charge in [0, 0.05) is 10.9 Å². The lowest BCUT2D eigenvalue weighted by Gasteiger charge is -2.12. The van der Waals surface area contributed by atoms with Crippen molar-refractivity contribution in [3.8, 4) is 28.1 Å². The molecule has 1 aromatic heterocycles. The van der Waals surface area contributed by atoms with Crippen molar-refractivity contribution >= 4 is 17.0 Å². The molecule has 0 aliphatic rings. The fourth-order valence-corrected chi connectivity index (χ4v) is 3.30. The summed E-state index contributed by atoms with van der Waals surface area (Å²) in [4.78, 5) is 16.1. The van der Waals surface area contributed by atoms with Crippen LogP contribution in [0, 0.1) is 0 Å². The number of hydrogen-bond acceptors (Lipinski definition) is 4. The van der Waals surface area contributed by atoms with Crippen molar-refractivity contribution in [2.45, 2.75) is 0 Å². The number of methoxy groups -OCH3 is 1. The molecule has 154 valence electrons. The summed E-state index contributed by atoms with van der Waals surface area (Å²) >= 11 is 0. The topological polar surface area (TPSA) is 60.5 Å². The second-order valence-electron chi connectivity index (χ2n) is 6.97. The second-order valence-corrected chi connectivity index (χ2v) is 6.97. The number of alkyl carbamates (subject to hydrolysis) is 1. The summed E-state index contributed by atoms with van der Waals surface area (Å²) in [6.07, 6.45) is -0.569. The highest BCUT2D eigenvalue weighted by Gasteiger charge is 2.10. The first-order chi connectivity index (χ1) is 15.1. The van der Waals surface area contributed by atoms with Crippen LogP contribution in [0.15, 0.2) is 97.2 Å². The molecule has 0 saturated carbocycles. The van der Waals surface area contributed by atoms with Crippen LogP contribution in [-0.2, 0) is 4.74 Å². The van der Waals surface area contributed by atoms with Gasteiger partial charge in [-0.25, -0.2) is 9.78 Å². The molecular formula is C26H22N2O3. The molecule has 0 unspecified atom stereocenters. The van der Waals surface area contributed by atoms with Gasteiger partial charge in [0.2, 0.25) is 0 Å². The first-order valence-electron chi connectivity index (χ1n) is 9.85. The normalized spacial score (nSPS) is 10.5. The summed E-state index contributed by atoms with van der Waals surface area (Å²) in [6.45, 7) is 3.90. The van der Waals surface area contributed by atoms with Gasteiger partial charge in [0.15, 0.2) is 0 Å². The number of amides is 1. The smallest absolute Gasteiger partial charge is 0.411 e.